The number of ether oxygens (including phenoxy) is 1. The zero-order valence-electron chi connectivity index (χ0n) is 29.7. The molecule has 2 aromatic rings. The first kappa shape index (κ1) is 38.8. The van der Waals surface area contributed by atoms with Crippen molar-refractivity contribution in [1.29, 1.82) is 0 Å². The van der Waals surface area contributed by atoms with Gasteiger partial charge in [0.15, 0.2) is 6.10 Å². The molecule has 4 amide bonds. The Kier molecular flexibility index (Phi) is 11.8. The molecule has 1 N–H and O–H groups in total. The number of alkyl halides is 4. The molecule has 0 radical (unpaired) electrons. The Balaban J connectivity index is 1.11. The van der Waals surface area contributed by atoms with Crippen molar-refractivity contribution in [2.45, 2.75) is 69.6 Å². The summed E-state index contributed by atoms with van der Waals surface area (Å²) in [4.78, 5) is 47.6. The second-order valence-electron chi connectivity index (χ2n) is 14.2. The number of hydrogen-bond donors (Lipinski definition) is 1. The first-order valence-electron chi connectivity index (χ1n) is 18.0. The van der Waals surface area contributed by atoms with Crippen LogP contribution in [-0.4, -0.2) is 134 Å². The maximum Gasteiger partial charge on any atom is 0.416 e. The highest BCUT2D eigenvalue weighted by Crippen LogP contribution is 2.32. The van der Waals surface area contributed by atoms with Crippen molar-refractivity contribution in [3.8, 4) is 0 Å². The van der Waals surface area contributed by atoms with Crippen LogP contribution >= 0.6 is 0 Å². The quantitative estimate of drug-likeness (QED) is 0.397. The number of halogens is 4. The summed E-state index contributed by atoms with van der Waals surface area (Å²) in [6, 6.07) is 10.2. The second kappa shape index (κ2) is 16.2. The molecule has 3 saturated heterocycles. The predicted octanol–water partition coefficient (Wildman–Crippen LogP) is 4.35. The number of benzene rings is 2. The third-order valence-electron chi connectivity index (χ3n) is 10.8. The van der Waals surface area contributed by atoms with Crippen LogP contribution in [0.15, 0.2) is 42.5 Å². The number of piperazine rings is 1. The number of hydrogen-bond acceptors (Lipinski definition) is 7. The molecule has 6 rings (SSSR count). The van der Waals surface area contributed by atoms with Crippen LogP contribution in [-0.2, 0) is 45.2 Å². The summed E-state index contributed by atoms with van der Waals surface area (Å²) < 4.78 is 86.0. The molecule has 4 aliphatic rings. The van der Waals surface area contributed by atoms with Gasteiger partial charge in [0.1, 0.15) is 6.67 Å². The Morgan fingerprint density at radius 1 is 0.868 bits per heavy atom. The summed E-state index contributed by atoms with van der Waals surface area (Å²) in [7, 11) is -3.27. The van der Waals surface area contributed by atoms with E-state index >= 15 is 0 Å². The van der Waals surface area contributed by atoms with Crippen LogP contribution < -0.4 is 5.32 Å². The fourth-order valence-corrected chi connectivity index (χ4v) is 8.73. The van der Waals surface area contributed by atoms with E-state index < -0.39 is 46.5 Å². The molecule has 0 aliphatic carbocycles. The highest BCUT2D eigenvalue weighted by molar-refractivity contribution is 7.88. The molecular weight excluding hydrogens is 720 g/mol. The van der Waals surface area contributed by atoms with Crippen LogP contribution in [0, 0.1) is 0 Å². The van der Waals surface area contributed by atoms with E-state index in [1.165, 1.54) is 26.4 Å². The number of nitrogens with zero attached hydrogens (tertiary/aromatic N) is 5. The van der Waals surface area contributed by atoms with E-state index in [2.05, 4.69) is 10.2 Å². The molecule has 53 heavy (non-hydrogen) atoms. The van der Waals surface area contributed by atoms with E-state index in [0.717, 1.165) is 23.4 Å². The van der Waals surface area contributed by atoms with Crippen LogP contribution in [0.2, 0.25) is 0 Å². The fraction of sp³-hybridized carbons (Fsp3) is 0.583. The summed E-state index contributed by atoms with van der Waals surface area (Å²) in [5, 5.41) is 2.97. The predicted molar refractivity (Wildman–Crippen MR) is 188 cm³/mol. The molecular formula is C36H46F4N6O6S. The Labute approximate surface area is 307 Å². The van der Waals surface area contributed by atoms with Crippen LogP contribution in [0.3, 0.4) is 0 Å². The Hall–Kier alpha value is -3.96. The van der Waals surface area contributed by atoms with Gasteiger partial charge in [-0.1, -0.05) is 24.3 Å². The smallest absolute Gasteiger partial charge is 0.416 e. The van der Waals surface area contributed by atoms with E-state index in [0.29, 0.717) is 64.8 Å². The van der Waals surface area contributed by atoms with E-state index in [9.17, 15) is 40.4 Å². The lowest BCUT2D eigenvalue weighted by molar-refractivity contribution is -0.143. The topological polar surface area (TPSA) is 123 Å². The van der Waals surface area contributed by atoms with Crippen LogP contribution in [0.25, 0.3) is 0 Å². The molecule has 17 heteroatoms. The van der Waals surface area contributed by atoms with Crippen molar-refractivity contribution in [3.63, 3.8) is 0 Å². The summed E-state index contributed by atoms with van der Waals surface area (Å²) in [6.45, 7) is 2.24. The van der Waals surface area contributed by atoms with Gasteiger partial charge in [0.2, 0.25) is 10.0 Å². The summed E-state index contributed by atoms with van der Waals surface area (Å²) in [5.74, 6) is -0.556. The second-order valence-corrected chi connectivity index (χ2v) is 16.2. The van der Waals surface area contributed by atoms with Gasteiger partial charge in [-0.2, -0.15) is 13.2 Å². The normalized spacial score (nSPS) is 20.8. The fourth-order valence-electron chi connectivity index (χ4n) is 7.86. The summed E-state index contributed by atoms with van der Waals surface area (Å²) in [6.07, 6.45) is -3.27. The minimum Gasteiger partial charge on any atom is -0.436 e. The molecule has 4 heterocycles. The van der Waals surface area contributed by atoms with E-state index in [1.807, 2.05) is 24.3 Å². The van der Waals surface area contributed by atoms with Gasteiger partial charge < -0.3 is 24.8 Å². The number of nitrogens with one attached hydrogen (secondary N) is 1. The lowest BCUT2D eigenvalue weighted by Crippen LogP contribution is -2.57. The number of para-hydroxylation sites is 1. The van der Waals surface area contributed by atoms with Crippen molar-refractivity contribution >= 4 is 33.7 Å². The van der Waals surface area contributed by atoms with Crippen molar-refractivity contribution < 1.29 is 45.1 Å². The van der Waals surface area contributed by atoms with Gasteiger partial charge in [-0.25, -0.2) is 26.7 Å². The minimum absolute atomic E-state index is 0.0155. The number of amides is 4. The van der Waals surface area contributed by atoms with Crippen LogP contribution in [0.5, 0.6) is 0 Å². The lowest BCUT2D eigenvalue weighted by atomic mass is 10.00. The summed E-state index contributed by atoms with van der Waals surface area (Å²) in [5.41, 5.74) is 0.564. The van der Waals surface area contributed by atoms with E-state index in [-0.39, 0.29) is 61.8 Å². The number of carbonyl (C=O) groups is 3. The van der Waals surface area contributed by atoms with Gasteiger partial charge in [0, 0.05) is 83.1 Å². The monoisotopic (exact) mass is 766 g/mol. The number of rotatable bonds is 8. The zero-order chi connectivity index (χ0) is 37.9. The zero-order valence-corrected chi connectivity index (χ0v) is 30.5. The van der Waals surface area contributed by atoms with Gasteiger partial charge in [-0.05, 0) is 67.0 Å². The lowest BCUT2D eigenvalue weighted by Gasteiger charge is -2.43. The highest BCUT2D eigenvalue weighted by atomic mass is 32.2. The number of piperidine rings is 2. The third-order valence-corrected chi connectivity index (χ3v) is 12.1. The number of fused-ring (bicyclic) bond motifs is 1. The molecule has 0 unspecified atom stereocenters. The van der Waals surface area contributed by atoms with Gasteiger partial charge in [-0.15, -0.1) is 0 Å². The molecule has 0 bridgehead atoms. The average Bonchev–Trinajstić information content (AvgIpc) is 3.31. The molecule has 0 spiro atoms. The number of carbonyl (C=O) groups excluding carboxylic acids is 3. The molecule has 3 fully saturated rings. The average molecular weight is 767 g/mol. The van der Waals surface area contributed by atoms with Gasteiger partial charge in [-0.3, -0.25) is 9.69 Å². The molecule has 290 valence electrons. The molecule has 4 aliphatic heterocycles. The highest BCUT2D eigenvalue weighted by Gasteiger charge is 2.38. The van der Waals surface area contributed by atoms with Crippen LogP contribution in [0.1, 0.15) is 47.9 Å². The van der Waals surface area contributed by atoms with Crippen molar-refractivity contribution in [3.05, 3.63) is 64.7 Å². The van der Waals surface area contributed by atoms with E-state index in [1.54, 1.807) is 4.90 Å². The maximum atomic E-state index is 14.0. The first-order valence-corrected chi connectivity index (χ1v) is 19.9. The number of sulfonamides is 1. The minimum atomic E-state index is -4.75. The molecule has 1 atom stereocenters. The van der Waals surface area contributed by atoms with Crippen molar-refractivity contribution in [1.82, 2.24) is 23.9 Å². The Morgan fingerprint density at radius 2 is 1.51 bits per heavy atom. The molecule has 2 aromatic carbocycles. The first-order chi connectivity index (χ1) is 25.2. The maximum absolute atomic E-state index is 14.0. The Bertz CT molecular complexity index is 1760. The van der Waals surface area contributed by atoms with Gasteiger partial charge in [0.05, 0.1) is 11.8 Å². The van der Waals surface area contributed by atoms with Crippen molar-refractivity contribution in [2.24, 2.45) is 0 Å². The number of urea groups is 1. The Morgan fingerprint density at radius 3 is 2.15 bits per heavy atom. The molecule has 0 aromatic heterocycles. The SMILES string of the molecule is CS(=O)(=O)N1CCC(N2CCN(C(=O)[C@@H](Cc3cc(CF)cc(C(F)(F)F)c3)OC(=O)N3CCC(N4CCc5ccccc5NC4=O)CC3)CC2)CC1. The van der Waals surface area contributed by atoms with E-state index in [4.69, 9.17) is 4.74 Å². The molecule has 12 nitrogen and oxygen atoms in total. The third kappa shape index (κ3) is 9.41. The molecule has 0 saturated carbocycles. The largest absolute Gasteiger partial charge is 0.436 e. The van der Waals surface area contributed by atoms with Gasteiger partial charge >= 0.3 is 18.3 Å². The standard InChI is InChI=1S/C36H46F4N6O6S/c1-53(50,51)45-13-9-29(10-14-45)42-16-18-43(19-17-42)33(47)32(23-25-20-26(24-37)22-28(21-25)36(38,39)40)52-35(49)44-11-7-30(8-12-44)46-15-6-27-4-2-3-5-31(27)41-34(46)48/h2-5,20-22,29-30,32H,6-19,23-24H2,1H3,(H,41,48)/t32-/m1/s1. The van der Waals surface area contributed by atoms with Crippen molar-refractivity contribution in [2.75, 3.05) is 70.5 Å². The summed E-state index contributed by atoms with van der Waals surface area (Å²) >= 11 is 0. The van der Waals surface area contributed by atoms with Gasteiger partial charge in [0.25, 0.3) is 5.91 Å². The number of likely N-dealkylation sites (tertiary alicyclic amines) is 1. The van der Waals surface area contributed by atoms with Crippen LogP contribution in [0.4, 0.5) is 32.8 Å². The number of anilines is 1.